The summed E-state index contributed by atoms with van der Waals surface area (Å²) in [5.41, 5.74) is 3.31. The van der Waals surface area contributed by atoms with Crippen LogP contribution < -0.4 is 10.2 Å². The molecule has 2 N–H and O–H groups in total. The molecule has 1 saturated heterocycles. The fourth-order valence-corrected chi connectivity index (χ4v) is 4.02. The zero-order valence-corrected chi connectivity index (χ0v) is 15.8. The van der Waals surface area contributed by atoms with E-state index in [0.29, 0.717) is 6.54 Å². The molecule has 2 heterocycles. The highest BCUT2D eigenvalue weighted by Gasteiger charge is 2.24. The standard InChI is InChI=1S/C20H26N2O2S/c1-15-7-8-17(11-16(15)2)21-20(23)14-22(12-18-5-3-9-24-18)13-19-6-4-10-25-19/h4,6-8,10-11,18H,3,5,9,12-14H2,1-2H3,(H,21,23)/p+1/t18-/m0/s1. The van der Waals surface area contributed by atoms with Crippen molar-refractivity contribution in [3.63, 3.8) is 0 Å². The average Bonchev–Trinajstić information content (AvgIpc) is 3.25. The molecule has 1 amide bonds. The number of anilines is 1. The first kappa shape index (κ1) is 18.1. The van der Waals surface area contributed by atoms with E-state index in [-0.39, 0.29) is 12.0 Å². The molecule has 0 bridgehead atoms. The van der Waals surface area contributed by atoms with Gasteiger partial charge in [0.1, 0.15) is 19.2 Å². The molecule has 4 nitrogen and oxygen atoms in total. The lowest BCUT2D eigenvalue weighted by Gasteiger charge is -2.21. The Morgan fingerprint density at radius 3 is 2.88 bits per heavy atom. The van der Waals surface area contributed by atoms with E-state index in [0.717, 1.165) is 38.2 Å². The lowest BCUT2D eigenvalue weighted by atomic mass is 10.1. The molecule has 1 unspecified atom stereocenters. The van der Waals surface area contributed by atoms with E-state index < -0.39 is 0 Å². The quantitative estimate of drug-likeness (QED) is 0.798. The van der Waals surface area contributed by atoms with E-state index in [1.807, 2.05) is 18.2 Å². The second-order valence-corrected chi connectivity index (χ2v) is 7.90. The highest BCUT2D eigenvalue weighted by Crippen LogP contribution is 2.14. The Labute approximate surface area is 153 Å². The van der Waals surface area contributed by atoms with Crippen LogP contribution in [0.15, 0.2) is 35.7 Å². The van der Waals surface area contributed by atoms with Crippen molar-refractivity contribution >= 4 is 22.9 Å². The molecule has 2 aromatic rings. The second-order valence-electron chi connectivity index (χ2n) is 6.87. The van der Waals surface area contributed by atoms with Gasteiger partial charge in [0.15, 0.2) is 6.54 Å². The Bertz CT molecular complexity index is 694. The summed E-state index contributed by atoms with van der Waals surface area (Å²) >= 11 is 1.75. The minimum atomic E-state index is 0.0628. The first-order valence-corrected chi connectivity index (χ1v) is 9.83. The molecule has 0 spiro atoms. The molecule has 0 saturated carbocycles. The maximum Gasteiger partial charge on any atom is 0.279 e. The molecule has 1 aromatic carbocycles. The summed E-state index contributed by atoms with van der Waals surface area (Å²) < 4.78 is 5.78. The molecular formula is C20H27N2O2S+. The fraction of sp³-hybridized carbons (Fsp3) is 0.450. The van der Waals surface area contributed by atoms with Gasteiger partial charge in [-0.1, -0.05) is 12.1 Å². The van der Waals surface area contributed by atoms with Crippen molar-refractivity contribution in [1.29, 1.82) is 0 Å². The number of quaternary nitrogens is 1. The number of nitrogens with one attached hydrogen (secondary N) is 2. The molecule has 1 aromatic heterocycles. The molecule has 0 aliphatic carbocycles. The van der Waals surface area contributed by atoms with Gasteiger partial charge in [-0.2, -0.15) is 0 Å². The zero-order chi connectivity index (χ0) is 17.6. The highest BCUT2D eigenvalue weighted by molar-refractivity contribution is 7.09. The average molecular weight is 360 g/mol. The number of ether oxygens (including phenoxy) is 1. The number of hydrogen-bond donors (Lipinski definition) is 2. The molecule has 1 aliphatic heterocycles. The lowest BCUT2D eigenvalue weighted by Crippen LogP contribution is -3.12. The third-order valence-electron chi connectivity index (χ3n) is 4.75. The summed E-state index contributed by atoms with van der Waals surface area (Å²) in [6.45, 7) is 7.22. The van der Waals surface area contributed by atoms with Crippen LogP contribution >= 0.6 is 11.3 Å². The van der Waals surface area contributed by atoms with Gasteiger partial charge < -0.3 is 15.0 Å². The fourth-order valence-electron chi connectivity index (χ4n) is 3.25. The largest absolute Gasteiger partial charge is 0.372 e. The van der Waals surface area contributed by atoms with Gasteiger partial charge in [-0.15, -0.1) is 11.3 Å². The summed E-state index contributed by atoms with van der Waals surface area (Å²) in [6.07, 6.45) is 2.52. The van der Waals surface area contributed by atoms with Crippen LogP contribution in [0.5, 0.6) is 0 Å². The van der Waals surface area contributed by atoms with Gasteiger partial charge in [0.05, 0.1) is 4.88 Å². The number of hydrogen-bond acceptors (Lipinski definition) is 3. The molecular weight excluding hydrogens is 332 g/mol. The van der Waals surface area contributed by atoms with Gasteiger partial charge >= 0.3 is 0 Å². The molecule has 1 fully saturated rings. The number of carbonyl (C=O) groups excluding carboxylic acids is 1. The highest BCUT2D eigenvalue weighted by atomic mass is 32.1. The van der Waals surface area contributed by atoms with E-state index in [1.165, 1.54) is 20.9 Å². The molecule has 3 rings (SSSR count). The Balaban J connectivity index is 1.61. The second kappa shape index (κ2) is 8.61. The molecule has 1 aliphatic rings. The van der Waals surface area contributed by atoms with Crippen molar-refractivity contribution in [2.24, 2.45) is 0 Å². The van der Waals surface area contributed by atoms with Gasteiger partial charge in [0.25, 0.3) is 5.91 Å². The predicted molar refractivity (Wildman–Crippen MR) is 102 cm³/mol. The number of carbonyl (C=O) groups is 1. The predicted octanol–water partition coefficient (Wildman–Crippen LogP) is 2.57. The van der Waals surface area contributed by atoms with E-state index in [9.17, 15) is 4.79 Å². The van der Waals surface area contributed by atoms with Gasteiger partial charge in [-0.05, 0) is 61.4 Å². The normalized spacial score (nSPS) is 18.2. The third kappa shape index (κ3) is 5.39. The summed E-state index contributed by atoms with van der Waals surface area (Å²) in [6, 6.07) is 10.3. The molecule has 5 heteroatoms. The van der Waals surface area contributed by atoms with Crippen LogP contribution in [0.25, 0.3) is 0 Å². The Morgan fingerprint density at radius 2 is 2.20 bits per heavy atom. The SMILES string of the molecule is Cc1ccc(NC(=O)C[NH+](Cc2cccs2)C[C@@H]2CCCO2)cc1C. The Hall–Kier alpha value is -1.69. The van der Waals surface area contributed by atoms with Gasteiger partial charge in [-0.25, -0.2) is 0 Å². The first-order chi connectivity index (χ1) is 12.1. The number of aryl methyl sites for hydroxylation is 2. The number of benzene rings is 1. The summed E-state index contributed by atoms with van der Waals surface area (Å²) in [7, 11) is 0. The summed E-state index contributed by atoms with van der Waals surface area (Å²) in [5.74, 6) is 0.0628. The van der Waals surface area contributed by atoms with Crippen molar-refractivity contribution < 1.29 is 14.4 Å². The number of amides is 1. The van der Waals surface area contributed by atoms with Crippen LogP contribution in [-0.4, -0.2) is 31.7 Å². The molecule has 25 heavy (non-hydrogen) atoms. The van der Waals surface area contributed by atoms with Crippen molar-refractivity contribution in [3.05, 3.63) is 51.7 Å². The van der Waals surface area contributed by atoms with E-state index >= 15 is 0 Å². The van der Waals surface area contributed by atoms with Crippen LogP contribution in [-0.2, 0) is 16.1 Å². The number of rotatable bonds is 7. The molecule has 0 radical (unpaired) electrons. The topological polar surface area (TPSA) is 42.8 Å². The van der Waals surface area contributed by atoms with Gasteiger partial charge in [0, 0.05) is 12.3 Å². The van der Waals surface area contributed by atoms with Crippen LogP contribution in [0, 0.1) is 13.8 Å². The smallest absolute Gasteiger partial charge is 0.279 e. The van der Waals surface area contributed by atoms with E-state index in [4.69, 9.17) is 4.74 Å². The minimum absolute atomic E-state index is 0.0628. The lowest BCUT2D eigenvalue weighted by molar-refractivity contribution is -0.908. The molecule has 134 valence electrons. The van der Waals surface area contributed by atoms with Crippen LogP contribution in [0.3, 0.4) is 0 Å². The van der Waals surface area contributed by atoms with Crippen molar-refractivity contribution in [3.8, 4) is 0 Å². The van der Waals surface area contributed by atoms with Gasteiger partial charge in [0.2, 0.25) is 0 Å². The maximum absolute atomic E-state index is 12.6. The van der Waals surface area contributed by atoms with Crippen LogP contribution in [0.2, 0.25) is 0 Å². The summed E-state index contributed by atoms with van der Waals surface area (Å²) in [4.78, 5) is 15.1. The van der Waals surface area contributed by atoms with Crippen LogP contribution in [0.1, 0.15) is 28.8 Å². The monoisotopic (exact) mass is 359 g/mol. The zero-order valence-electron chi connectivity index (χ0n) is 15.0. The third-order valence-corrected chi connectivity index (χ3v) is 5.62. The molecule has 2 atom stereocenters. The van der Waals surface area contributed by atoms with E-state index in [1.54, 1.807) is 11.3 Å². The van der Waals surface area contributed by atoms with Crippen LogP contribution in [0.4, 0.5) is 5.69 Å². The first-order valence-electron chi connectivity index (χ1n) is 8.95. The van der Waals surface area contributed by atoms with Crippen molar-refractivity contribution in [2.45, 2.75) is 39.3 Å². The maximum atomic E-state index is 12.6. The minimum Gasteiger partial charge on any atom is -0.372 e. The van der Waals surface area contributed by atoms with E-state index in [2.05, 4.69) is 36.7 Å². The summed E-state index contributed by atoms with van der Waals surface area (Å²) in [5, 5.41) is 5.14. The number of thiophene rings is 1. The van der Waals surface area contributed by atoms with Crippen molar-refractivity contribution in [2.75, 3.05) is 25.0 Å². The van der Waals surface area contributed by atoms with Crippen molar-refractivity contribution in [1.82, 2.24) is 0 Å². The van der Waals surface area contributed by atoms with Gasteiger partial charge in [-0.3, -0.25) is 4.79 Å². The Kier molecular flexibility index (Phi) is 6.24. The Morgan fingerprint density at radius 1 is 1.32 bits per heavy atom.